The van der Waals surface area contributed by atoms with Crippen molar-refractivity contribution in [3.05, 3.63) is 0 Å². The molecular weight excluding hydrogens is 238 g/mol. The maximum absolute atomic E-state index is 12.4. The van der Waals surface area contributed by atoms with Gasteiger partial charge in [0.2, 0.25) is 5.91 Å². The van der Waals surface area contributed by atoms with E-state index in [0.717, 1.165) is 6.42 Å². The van der Waals surface area contributed by atoms with Crippen molar-refractivity contribution in [2.45, 2.75) is 61.8 Å². The molecule has 0 bridgehead atoms. The topological polar surface area (TPSA) is 46.2 Å². The minimum Gasteiger partial charge on any atom is -0.355 e. The van der Waals surface area contributed by atoms with Crippen molar-refractivity contribution in [2.24, 2.45) is 22.7 Å². The number of carbonyl (C=O) groups is 2. The number of hydrogen-bond acceptors (Lipinski definition) is 2. The number of nitrogens with one attached hydrogen (secondary N) is 1. The molecule has 0 radical (unpaired) electrons. The van der Waals surface area contributed by atoms with Gasteiger partial charge in [-0.25, -0.2) is 0 Å². The van der Waals surface area contributed by atoms with Gasteiger partial charge in [-0.3, -0.25) is 9.59 Å². The lowest BCUT2D eigenvalue weighted by atomic mass is 9.79. The van der Waals surface area contributed by atoms with E-state index in [2.05, 4.69) is 19.2 Å². The standard InChI is InChI=1S/C16H31NO2/c1-11(2)9-12(13(18)15(3,4)5)10-17-14(19)16(6,7)8/h11-12H,9-10H2,1-8H3,(H,17,19)/t12-/m0/s1. The number of rotatable bonds is 5. The Morgan fingerprint density at radius 1 is 0.947 bits per heavy atom. The average Bonchev–Trinajstić information content (AvgIpc) is 2.19. The third-order valence-electron chi connectivity index (χ3n) is 3.06. The third-order valence-corrected chi connectivity index (χ3v) is 3.06. The summed E-state index contributed by atoms with van der Waals surface area (Å²) in [6.45, 7) is 16.1. The highest BCUT2D eigenvalue weighted by atomic mass is 16.2. The predicted octanol–water partition coefficient (Wildman–Crippen LogP) is 3.43. The zero-order valence-corrected chi connectivity index (χ0v) is 13.9. The lowest BCUT2D eigenvalue weighted by molar-refractivity contribution is -0.132. The van der Waals surface area contributed by atoms with Gasteiger partial charge in [0.05, 0.1) is 0 Å². The van der Waals surface area contributed by atoms with Crippen LogP contribution in [0.3, 0.4) is 0 Å². The molecule has 112 valence electrons. The summed E-state index contributed by atoms with van der Waals surface area (Å²) in [5.74, 6) is 0.590. The monoisotopic (exact) mass is 269 g/mol. The fraction of sp³-hybridized carbons (Fsp3) is 0.875. The van der Waals surface area contributed by atoms with Gasteiger partial charge in [0.15, 0.2) is 0 Å². The summed E-state index contributed by atoms with van der Waals surface area (Å²) in [5.41, 5.74) is -0.765. The molecule has 0 aromatic heterocycles. The molecule has 1 N–H and O–H groups in total. The molecule has 0 fully saturated rings. The molecule has 0 heterocycles. The summed E-state index contributed by atoms with van der Waals surface area (Å²) in [5, 5.41) is 2.92. The molecule has 0 unspecified atom stereocenters. The van der Waals surface area contributed by atoms with Crippen LogP contribution in [0.15, 0.2) is 0 Å². The number of ketones is 1. The zero-order valence-electron chi connectivity index (χ0n) is 13.9. The minimum atomic E-state index is -0.410. The fourth-order valence-corrected chi connectivity index (χ4v) is 1.95. The van der Waals surface area contributed by atoms with Crippen LogP contribution < -0.4 is 5.32 Å². The molecule has 0 rings (SSSR count). The molecule has 0 aliphatic carbocycles. The van der Waals surface area contributed by atoms with E-state index in [9.17, 15) is 9.59 Å². The Morgan fingerprint density at radius 2 is 1.42 bits per heavy atom. The first-order valence-electron chi connectivity index (χ1n) is 7.18. The Morgan fingerprint density at radius 3 is 1.74 bits per heavy atom. The van der Waals surface area contributed by atoms with Gasteiger partial charge < -0.3 is 5.32 Å². The first-order chi connectivity index (χ1) is 8.35. The van der Waals surface area contributed by atoms with Crippen molar-refractivity contribution in [1.82, 2.24) is 5.32 Å². The molecule has 0 aromatic rings. The highest BCUT2D eigenvalue weighted by Crippen LogP contribution is 2.24. The van der Waals surface area contributed by atoms with Gasteiger partial charge >= 0.3 is 0 Å². The molecule has 1 atom stereocenters. The zero-order chi connectivity index (χ0) is 15.4. The normalized spacial score (nSPS) is 14.4. The molecule has 0 saturated carbocycles. The summed E-state index contributed by atoms with van der Waals surface area (Å²) in [7, 11) is 0. The van der Waals surface area contributed by atoms with Crippen LogP contribution in [0.2, 0.25) is 0 Å². The summed E-state index contributed by atoms with van der Waals surface area (Å²) >= 11 is 0. The summed E-state index contributed by atoms with van der Waals surface area (Å²) in [4.78, 5) is 24.3. The summed E-state index contributed by atoms with van der Waals surface area (Å²) in [6.07, 6.45) is 0.820. The van der Waals surface area contributed by atoms with Gasteiger partial charge in [-0.05, 0) is 12.3 Å². The number of hydrogen-bond donors (Lipinski definition) is 1. The number of carbonyl (C=O) groups excluding carboxylic acids is 2. The molecule has 0 aliphatic heterocycles. The molecule has 3 nitrogen and oxygen atoms in total. The van der Waals surface area contributed by atoms with Crippen molar-refractivity contribution >= 4 is 11.7 Å². The highest BCUT2D eigenvalue weighted by Gasteiger charge is 2.31. The van der Waals surface area contributed by atoms with E-state index >= 15 is 0 Å². The number of amides is 1. The Kier molecular flexibility index (Phi) is 6.24. The lowest BCUT2D eigenvalue weighted by Crippen LogP contribution is -2.42. The van der Waals surface area contributed by atoms with Gasteiger partial charge in [0, 0.05) is 23.3 Å². The van der Waals surface area contributed by atoms with E-state index in [0.29, 0.717) is 12.5 Å². The molecule has 1 amide bonds. The van der Waals surface area contributed by atoms with Crippen molar-refractivity contribution in [3.8, 4) is 0 Å². The Labute approximate surface area is 118 Å². The van der Waals surface area contributed by atoms with Crippen LogP contribution in [0, 0.1) is 22.7 Å². The van der Waals surface area contributed by atoms with E-state index in [-0.39, 0.29) is 23.0 Å². The lowest BCUT2D eigenvalue weighted by Gasteiger charge is -2.27. The van der Waals surface area contributed by atoms with Crippen LogP contribution in [0.25, 0.3) is 0 Å². The fourth-order valence-electron chi connectivity index (χ4n) is 1.95. The second-order valence-electron chi connectivity index (χ2n) is 7.90. The molecule has 0 aliphatic rings. The van der Waals surface area contributed by atoms with Crippen LogP contribution in [0.4, 0.5) is 0 Å². The van der Waals surface area contributed by atoms with Gasteiger partial charge in [-0.15, -0.1) is 0 Å². The average molecular weight is 269 g/mol. The number of Topliss-reactive ketones (excluding diaryl/α,β-unsaturated/α-hetero) is 1. The van der Waals surface area contributed by atoms with Gasteiger partial charge in [-0.1, -0.05) is 55.4 Å². The Bertz CT molecular complexity index is 319. The quantitative estimate of drug-likeness (QED) is 0.831. The summed E-state index contributed by atoms with van der Waals surface area (Å²) in [6, 6.07) is 0. The second-order valence-corrected chi connectivity index (χ2v) is 7.90. The first kappa shape index (κ1) is 18.1. The van der Waals surface area contributed by atoms with Crippen LogP contribution in [0.5, 0.6) is 0 Å². The first-order valence-corrected chi connectivity index (χ1v) is 7.18. The molecule has 3 heteroatoms. The maximum Gasteiger partial charge on any atom is 0.225 e. The largest absolute Gasteiger partial charge is 0.355 e. The SMILES string of the molecule is CC(C)C[C@@H](CNC(=O)C(C)(C)C)C(=O)C(C)(C)C. The molecular formula is C16H31NO2. The van der Waals surface area contributed by atoms with E-state index < -0.39 is 5.41 Å². The highest BCUT2D eigenvalue weighted by molar-refractivity contribution is 5.87. The van der Waals surface area contributed by atoms with Crippen molar-refractivity contribution in [1.29, 1.82) is 0 Å². The van der Waals surface area contributed by atoms with E-state index in [1.807, 2.05) is 41.5 Å². The van der Waals surface area contributed by atoms with Crippen LogP contribution in [-0.2, 0) is 9.59 Å². The predicted molar refractivity (Wildman–Crippen MR) is 79.9 cm³/mol. The third kappa shape index (κ3) is 6.74. The smallest absolute Gasteiger partial charge is 0.225 e. The van der Waals surface area contributed by atoms with Crippen molar-refractivity contribution < 1.29 is 9.59 Å². The molecule has 19 heavy (non-hydrogen) atoms. The van der Waals surface area contributed by atoms with Gasteiger partial charge in [0.25, 0.3) is 0 Å². The van der Waals surface area contributed by atoms with Gasteiger partial charge in [0.1, 0.15) is 5.78 Å². The van der Waals surface area contributed by atoms with Crippen LogP contribution in [0.1, 0.15) is 61.8 Å². The van der Waals surface area contributed by atoms with E-state index in [4.69, 9.17) is 0 Å². The van der Waals surface area contributed by atoms with E-state index in [1.54, 1.807) is 0 Å². The van der Waals surface area contributed by atoms with Crippen LogP contribution >= 0.6 is 0 Å². The van der Waals surface area contributed by atoms with Crippen LogP contribution in [-0.4, -0.2) is 18.2 Å². The molecule has 0 spiro atoms. The van der Waals surface area contributed by atoms with Crippen molar-refractivity contribution in [2.75, 3.05) is 6.54 Å². The van der Waals surface area contributed by atoms with Crippen molar-refractivity contribution in [3.63, 3.8) is 0 Å². The molecule has 0 saturated heterocycles. The maximum atomic E-state index is 12.4. The Balaban J connectivity index is 4.72. The van der Waals surface area contributed by atoms with Gasteiger partial charge in [-0.2, -0.15) is 0 Å². The van der Waals surface area contributed by atoms with E-state index in [1.165, 1.54) is 0 Å². The minimum absolute atomic E-state index is 0.00275. The summed E-state index contributed by atoms with van der Waals surface area (Å²) < 4.78 is 0. The Hall–Kier alpha value is -0.860. The second kappa shape index (κ2) is 6.53. The molecule has 0 aromatic carbocycles.